The molecule has 0 amide bonds. The number of hydrogen-bond donors (Lipinski definition) is 0. The van der Waals surface area contributed by atoms with Crippen molar-refractivity contribution in [1.82, 2.24) is 4.90 Å². The lowest BCUT2D eigenvalue weighted by atomic mass is 10.1. The average molecular weight is 239 g/mol. The molecule has 0 aliphatic heterocycles. The van der Waals surface area contributed by atoms with Crippen LogP contribution in [-0.2, 0) is 4.74 Å². The number of unbranched alkanes of at least 4 members (excludes halogenated alkanes) is 2. The summed E-state index contributed by atoms with van der Waals surface area (Å²) in [4.78, 5) is 2.57. The standard InChI is InChI=1S/C15H29NO/c1-5-9-11-16(12-10-6-2)15(8-4)14-17-13-7-3/h3,15H,5-6,8-14H2,1-2,4H3/t15-/m0/s1. The van der Waals surface area contributed by atoms with Crippen molar-refractivity contribution in [2.45, 2.75) is 58.9 Å². The highest BCUT2D eigenvalue weighted by Gasteiger charge is 2.15. The zero-order valence-corrected chi connectivity index (χ0v) is 11.9. The van der Waals surface area contributed by atoms with E-state index in [0.29, 0.717) is 12.6 Å². The molecule has 0 heterocycles. The van der Waals surface area contributed by atoms with Gasteiger partial charge in [0, 0.05) is 6.04 Å². The van der Waals surface area contributed by atoms with Crippen molar-refractivity contribution in [1.29, 1.82) is 0 Å². The summed E-state index contributed by atoms with van der Waals surface area (Å²) in [6.07, 6.45) is 11.4. The van der Waals surface area contributed by atoms with Crippen LogP contribution in [0.2, 0.25) is 0 Å². The molecule has 0 saturated heterocycles. The molecule has 0 aromatic carbocycles. The zero-order valence-electron chi connectivity index (χ0n) is 11.9. The molecule has 0 spiro atoms. The molecular weight excluding hydrogens is 210 g/mol. The van der Waals surface area contributed by atoms with E-state index in [2.05, 4.69) is 31.6 Å². The Kier molecular flexibility index (Phi) is 11.6. The lowest BCUT2D eigenvalue weighted by Gasteiger charge is -2.30. The Labute approximate surface area is 108 Å². The van der Waals surface area contributed by atoms with Crippen LogP contribution in [0.3, 0.4) is 0 Å². The molecule has 0 aliphatic rings. The Bertz CT molecular complexity index is 190. The van der Waals surface area contributed by atoms with Gasteiger partial charge in [-0.05, 0) is 32.4 Å². The normalized spacial score (nSPS) is 12.6. The van der Waals surface area contributed by atoms with Crippen LogP contribution < -0.4 is 0 Å². The molecular formula is C15H29NO. The predicted molar refractivity (Wildman–Crippen MR) is 75.1 cm³/mol. The summed E-state index contributed by atoms with van der Waals surface area (Å²) in [6, 6.07) is 0.529. The highest BCUT2D eigenvalue weighted by Crippen LogP contribution is 2.09. The molecule has 100 valence electrons. The second kappa shape index (κ2) is 12.0. The summed E-state index contributed by atoms with van der Waals surface area (Å²) in [5.74, 6) is 2.53. The monoisotopic (exact) mass is 239 g/mol. The van der Waals surface area contributed by atoms with E-state index in [1.807, 2.05) is 0 Å². The summed E-state index contributed by atoms with van der Waals surface area (Å²) in [5, 5.41) is 0. The van der Waals surface area contributed by atoms with Gasteiger partial charge in [0.1, 0.15) is 6.61 Å². The van der Waals surface area contributed by atoms with Crippen LogP contribution in [0, 0.1) is 12.3 Å². The van der Waals surface area contributed by atoms with Gasteiger partial charge >= 0.3 is 0 Å². The minimum Gasteiger partial charge on any atom is -0.367 e. The molecule has 0 aromatic heterocycles. The van der Waals surface area contributed by atoms with Crippen LogP contribution in [0.5, 0.6) is 0 Å². The van der Waals surface area contributed by atoms with Gasteiger partial charge in [0.05, 0.1) is 6.61 Å². The molecule has 0 aromatic rings. The Morgan fingerprint density at radius 2 is 1.71 bits per heavy atom. The van der Waals surface area contributed by atoms with Crippen molar-refractivity contribution in [3.63, 3.8) is 0 Å². The van der Waals surface area contributed by atoms with Crippen LogP contribution in [0.1, 0.15) is 52.9 Å². The molecule has 0 N–H and O–H groups in total. The highest BCUT2D eigenvalue weighted by molar-refractivity contribution is 4.83. The van der Waals surface area contributed by atoms with Gasteiger partial charge in [-0.25, -0.2) is 0 Å². The molecule has 0 saturated carbocycles. The molecule has 0 bridgehead atoms. The van der Waals surface area contributed by atoms with Crippen molar-refractivity contribution >= 4 is 0 Å². The molecule has 0 fully saturated rings. The quantitative estimate of drug-likeness (QED) is 0.405. The van der Waals surface area contributed by atoms with E-state index in [0.717, 1.165) is 13.0 Å². The summed E-state index contributed by atoms with van der Waals surface area (Å²) < 4.78 is 5.50. The van der Waals surface area contributed by atoms with Gasteiger partial charge in [0.15, 0.2) is 0 Å². The van der Waals surface area contributed by atoms with Crippen molar-refractivity contribution in [3.05, 3.63) is 0 Å². The Hall–Kier alpha value is -0.520. The highest BCUT2D eigenvalue weighted by atomic mass is 16.5. The first kappa shape index (κ1) is 16.5. The number of rotatable bonds is 11. The number of hydrogen-bond acceptors (Lipinski definition) is 2. The van der Waals surface area contributed by atoms with E-state index < -0.39 is 0 Å². The van der Waals surface area contributed by atoms with Crippen molar-refractivity contribution in [2.24, 2.45) is 0 Å². The van der Waals surface area contributed by atoms with Crippen LogP contribution in [0.25, 0.3) is 0 Å². The maximum Gasteiger partial charge on any atom is 0.107 e. The summed E-state index contributed by atoms with van der Waals surface area (Å²) in [6.45, 7) is 10.3. The van der Waals surface area contributed by atoms with E-state index >= 15 is 0 Å². The predicted octanol–water partition coefficient (Wildman–Crippen LogP) is 3.32. The number of ether oxygens (including phenoxy) is 1. The molecule has 0 unspecified atom stereocenters. The molecule has 2 heteroatoms. The topological polar surface area (TPSA) is 12.5 Å². The van der Waals surface area contributed by atoms with Gasteiger partial charge in [0.25, 0.3) is 0 Å². The van der Waals surface area contributed by atoms with Crippen LogP contribution in [0.15, 0.2) is 0 Å². The van der Waals surface area contributed by atoms with Gasteiger partial charge in [-0.15, -0.1) is 6.42 Å². The lowest BCUT2D eigenvalue weighted by Crippen LogP contribution is -2.39. The summed E-state index contributed by atoms with van der Waals surface area (Å²) in [7, 11) is 0. The fourth-order valence-electron chi connectivity index (χ4n) is 1.93. The Morgan fingerprint density at radius 3 is 2.12 bits per heavy atom. The van der Waals surface area contributed by atoms with Crippen molar-refractivity contribution in [2.75, 3.05) is 26.3 Å². The maximum atomic E-state index is 5.50. The van der Waals surface area contributed by atoms with Crippen LogP contribution in [-0.4, -0.2) is 37.2 Å². The third-order valence-electron chi connectivity index (χ3n) is 3.08. The maximum absolute atomic E-state index is 5.50. The second-order valence-corrected chi connectivity index (χ2v) is 4.52. The fraction of sp³-hybridized carbons (Fsp3) is 0.867. The fourth-order valence-corrected chi connectivity index (χ4v) is 1.93. The van der Waals surface area contributed by atoms with Gasteiger partial charge in [-0.2, -0.15) is 0 Å². The van der Waals surface area contributed by atoms with Gasteiger partial charge in [0.2, 0.25) is 0 Å². The summed E-state index contributed by atoms with van der Waals surface area (Å²) in [5.41, 5.74) is 0. The van der Waals surface area contributed by atoms with Gasteiger partial charge < -0.3 is 4.74 Å². The van der Waals surface area contributed by atoms with Crippen LogP contribution in [0.4, 0.5) is 0 Å². The number of terminal acetylenes is 1. The molecule has 2 nitrogen and oxygen atoms in total. The first-order valence-corrected chi connectivity index (χ1v) is 7.05. The third-order valence-corrected chi connectivity index (χ3v) is 3.08. The van der Waals surface area contributed by atoms with E-state index in [4.69, 9.17) is 11.2 Å². The largest absolute Gasteiger partial charge is 0.367 e. The smallest absolute Gasteiger partial charge is 0.107 e. The van der Waals surface area contributed by atoms with E-state index in [1.54, 1.807) is 0 Å². The van der Waals surface area contributed by atoms with E-state index in [9.17, 15) is 0 Å². The van der Waals surface area contributed by atoms with Crippen LogP contribution >= 0.6 is 0 Å². The first-order chi connectivity index (χ1) is 8.29. The van der Waals surface area contributed by atoms with E-state index in [-0.39, 0.29) is 0 Å². The Balaban J connectivity index is 4.12. The first-order valence-electron chi connectivity index (χ1n) is 7.05. The van der Waals surface area contributed by atoms with E-state index in [1.165, 1.54) is 38.8 Å². The van der Waals surface area contributed by atoms with Crippen molar-refractivity contribution < 1.29 is 4.74 Å². The molecule has 0 aliphatic carbocycles. The molecule has 0 radical (unpaired) electrons. The lowest BCUT2D eigenvalue weighted by molar-refractivity contribution is 0.0713. The van der Waals surface area contributed by atoms with Gasteiger partial charge in [-0.3, -0.25) is 4.90 Å². The average Bonchev–Trinajstić information content (AvgIpc) is 2.36. The minimum absolute atomic E-state index is 0.436. The Morgan fingerprint density at radius 1 is 1.12 bits per heavy atom. The summed E-state index contributed by atoms with van der Waals surface area (Å²) >= 11 is 0. The number of nitrogens with zero attached hydrogens (tertiary/aromatic N) is 1. The molecule has 0 rings (SSSR count). The van der Waals surface area contributed by atoms with Gasteiger partial charge in [-0.1, -0.05) is 39.5 Å². The van der Waals surface area contributed by atoms with Crippen molar-refractivity contribution in [3.8, 4) is 12.3 Å². The SMILES string of the molecule is C#CCOC[C@H](CC)N(CCCC)CCCC. The molecule has 17 heavy (non-hydrogen) atoms. The second-order valence-electron chi connectivity index (χ2n) is 4.52. The molecule has 1 atom stereocenters. The minimum atomic E-state index is 0.436. The third kappa shape index (κ3) is 8.24. The zero-order chi connectivity index (χ0) is 12.9.